The Morgan fingerprint density at radius 1 is 1.27 bits per heavy atom. The number of ether oxygens (including phenoxy) is 1. The highest BCUT2D eigenvalue weighted by molar-refractivity contribution is 5.91. The monoisotopic (exact) mass is 361 g/mol. The highest BCUT2D eigenvalue weighted by Crippen LogP contribution is 2.48. The minimum atomic E-state index is -1.10. The molecule has 1 fully saturated rings. The first kappa shape index (κ1) is 17.8. The number of hydrogen-bond donors (Lipinski definition) is 2. The Labute approximate surface area is 148 Å². The summed E-state index contributed by atoms with van der Waals surface area (Å²) in [6, 6.07) is 8.50. The van der Waals surface area contributed by atoms with Crippen molar-refractivity contribution in [2.75, 3.05) is 7.11 Å². The summed E-state index contributed by atoms with van der Waals surface area (Å²) in [5, 5.41) is 11.8. The summed E-state index contributed by atoms with van der Waals surface area (Å²) in [4.78, 5) is 23.3. The molecule has 2 aromatic carbocycles. The number of rotatable bonds is 6. The van der Waals surface area contributed by atoms with E-state index in [1.54, 1.807) is 12.1 Å². The molecule has 1 amide bonds. The maximum Gasteiger partial charge on any atom is 0.339 e. The van der Waals surface area contributed by atoms with Crippen molar-refractivity contribution < 1.29 is 28.2 Å². The molecule has 5 nitrogen and oxygen atoms in total. The van der Waals surface area contributed by atoms with Gasteiger partial charge < -0.3 is 15.2 Å². The summed E-state index contributed by atoms with van der Waals surface area (Å²) in [6.07, 6.45) is 0.466. The van der Waals surface area contributed by atoms with Gasteiger partial charge in [-0.3, -0.25) is 4.79 Å². The summed E-state index contributed by atoms with van der Waals surface area (Å²) < 4.78 is 32.1. The lowest BCUT2D eigenvalue weighted by Gasteiger charge is -2.09. The molecule has 26 heavy (non-hydrogen) atoms. The predicted octanol–water partition coefficient (Wildman–Crippen LogP) is 3.09. The van der Waals surface area contributed by atoms with Crippen LogP contribution in [0.2, 0.25) is 0 Å². The summed E-state index contributed by atoms with van der Waals surface area (Å²) >= 11 is 0. The molecule has 3 rings (SSSR count). The number of benzene rings is 2. The zero-order valence-electron chi connectivity index (χ0n) is 14.0. The van der Waals surface area contributed by atoms with E-state index < -0.39 is 23.5 Å². The molecule has 1 aliphatic rings. The van der Waals surface area contributed by atoms with Gasteiger partial charge in [-0.2, -0.15) is 0 Å². The molecule has 0 bridgehead atoms. The van der Waals surface area contributed by atoms with Gasteiger partial charge in [0.05, 0.1) is 7.11 Å². The van der Waals surface area contributed by atoms with Crippen molar-refractivity contribution >= 4 is 11.9 Å². The number of carboxylic acid groups (broad SMARTS) is 1. The fourth-order valence-electron chi connectivity index (χ4n) is 2.98. The van der Waals surface area contributed by atoms with Gasteiger partial charge in [0.2, 0.25) is 5.91 Å². The summed E-state index contributed by atoms with van der Waals surface area (Å²) in [6.45, 7) is 0.184. The Hall–Kier alpha value is -2.96. The van der Waals surface area contributed by atoms with E-state index in [2.05, 4.69) is 5.32 Å². The number of methoxy groups -OCH3 is 1. The lowest BCUT2D eigenvalue weighted by atomic mass is 10.1. The van der Waals surface area contributed by atoms with Crippen LogP contribution in [0.1, 0.15) is 33.8 Å². The van der Waals surface area contributed by atoms with Crippen LogP contribution >= 0.6 is 0 Å². The molecule has 0 aliphatic heterocycles. The van der Waals surface area contributed by atoms with E-state index in [1.165, 1.54) is 25.3 Å². The zero-order chi connectivity index (χ0) is 18.8. The summed E-state index contributed by atoms with van der Waals surface area (Å²) in [5.74, 6) is -3.69. The molecule has 0 heterocycles. The maximum atomic E-state index is 13.8. The van der Waals surface area contributed by atoms with Gasteiger partial charge in [-0.1, -0.05) is 18.2 Å². The van der Waals surface area contributed by atoms with Crippen molar-refractivity contribution in [2.24, 2.45) is 5.92 Å². The molecular weight excluding hydrogens is 344 g/mol. The number of nitrogens with one attached hydrogen (secondary N) is 1. The van der Waals surface area contributed by atoms with Crippen LogP contribution in [-0.2, 0) is 11.3 Å². The molecule has 2 aromatic rings. The Bertz CT molecular complexity index is 869. The molecule has 136 valence electrons. The van der Waals surface area contributed by atoms with Gasteiger partial charge in [-0.05, 0) is 41.7 Å². The number of carbonyl (C=O) groups is 2. The standard InChI is InChI=1S/C19H17F2NO4/c1-26-16-7-10(5-6-12(16)19(24)25)9-22-18(23)14-8-13(14)11-3-2-4-15(20)17(11)21/h2-7,13-14H,8-9H2,1H3,(H,22,23)(H,24,25)/t13-,14-/m1/s1. The fraction of sp³-hybridized carbons (Fsp3) is 0.263. The first-order chi connectivity index (χ1) is 12.4. The average Bonchev–Trinajstić information content (AvgIpc) is 3.42. The van der Waals surface area contributed by atoms with Crippen molar-refractivity contribution in [1.29, 1.82) is 0 Å². The van der Waals surface area contributed by atoms with E-state index in [0.29, 0.717) is 12.0 Å². The molecule has 1 saturated carbocycles. The Kier molecular flexibility index (Phi) is 4.88. The van der Waals surface area contributed by atoms with Crippen LogP contribution in [0.25, 0.3) is 0 Å². The number of carboxylic acids is 1. The second-order valence-electron chi connectivity index (χ2n) is 6.15. The lowest BCUT2D eigenvalue weighted by Crippen LogP contribution is -2.25. The second-order valence-corrected chi connectivity index (χ2v) is 6.15. The minimum Gasteiger partial charge on any atom is -0.496 e. The van der Waals surface area contributed by atoms with Crippen LogP contribution in [0.3, 0.4) is 0 Å². The zero-order valence-corrected chi connectivity index (χ0v) is 14.0. The van der Waals surface area contributed by atoms with E-state index in [0.717, 1.165) is 6.07 Å². The van der Waals surface area contributed by atoms with Gasteiger partial charge >= 0.3 is 5.97 Å². The fourth-order valence-corrected chi connectivity index (χ4v) is 2.98. The average molecular weight is 361 g/mol. The Balaban J connectivity index is 1.62. The Morgan fingerprint density at radius 2 is 2.04 bits per heavy atom. The van der Waals surface area contributed by atoms with Crippen LogP contribution in [0.4, 0.5) is 8.78 Å². The number of amides is 1. The first-order valence-corrected chi connectivity index (χ1v) is 8.04. The van der Waals surface area contributed by atoms with Crippen molar-refractivity contribution in [3.63, 3.8) is 0 Å². The van der Waals surface area contributed by atoms with E-state index in [1.807, 2.05) is 0 Å². The van der Waals surface area contributed by atoms with Gasteiger partial charge in [0.15, 0.2) is 11.6 Å². The molecule has 0 unspecified atom stereocenters. The molecule has 0 radical (unpaired) electrons. The predicted molar refractivity (Wildman–Crippen MR) is 89.0 cm³/mol. The molecule has 0 saturated heterocycles. The van der Waals surface area contributed by atoms with Crippen LogP contribution < -0.4 is 10.1 Å². The third-order valence-electron chi connectivity index (χ3n) is 4.47. The maximum absolute atomic E-state index is 13.8. The van der Waals surface area contributed by atoms with Gasteiger partial charge in [-0.15, -0.1) is 0 Å². The van der Waals surface area contributed by atoms with Crippen molar-refractivity contribution in [2.45, 2.75) is 18.9 Å². The number of aromatic carboxylic acids is 1. The molecule has 1 aliphatic carbocycles. The topological polar surface area (TPSA) is 75.6 Å². The van der Waals surface area contributed by atoms with Gasteiger partial charge in [0, 0.05) is 12.5 Å². The van der Waals surface area contributed by atoms with Crippen LogP contribution in [0, 0.1) is 17.6 Å². The SMILES string of the molecule is COc1cc(CNC(=O)[C@@H]2C[C@@H]2c2cccc(F)c2F)ccc1C(=O)O. The highest BCUT2D eigenvalue weighted by Gasteiger charge is 2.45. The molecule has 7 heteroatoms. The van der Waals surface area contributed by atoms with Crippen LogP contribution in [-0.4, -0.2) is 24.1 Å². The summed E-state index contributed by atoms with van der Waals surface area (Å²) in [7, 11) is 1.37. The normalized spacial score (nSPS) is 18.3. The lowest BCUT2D eigenvalue weighted by molar-refractivity contribution is -0.122. The van der Waals surface area contributed by atoms with E-state index >= 15 is 0 Å². The van der Waals surface area contributed by atoms with E-state index in [9.17, 15) is 18.4 Å². The van der Waals surface area contributed by atoms with Crippen LogP contribution in [0.15, 0.2) is 36.4 Å². The van der Waals surface area contributed by atoms with Crippen molar-refractivity contribution in [3.05, 3.63) is 64.7 Å². The Morgan fingerprint density at radius 3 is 2.73 bits per heavy atom. The van der Waals surface area contributed by atoms with Gasteiger partial charge in [-0.25, -0.2) is 13.6 Å². The van der Waals surface area contributed by atoms with Crippen LogP contribution in [0.5, 0.6) is 5.75 Å². The summed E-state index contributed by atoms with van der Waals surface area (Å²) in [5.41, 5.74) is 0.929. The quantitative estimate of drug-likeness (QED) is 0.829. The van der Waals surface area contributed by atoms with Crippen molar-refractivity contribution in [3.8, 4) is 5.75 Å². The largest absolute Gasteiger partial charge is 0.496 e. The molecule has 0 spiro atoms. The van der Waals surface area contributed by atoms with Gasteiger partial charge in [0.25, 0.3) is 0 Å². The minimum absolute atomic E-state index is 0.0337. The van der Waals surface area contributed by atoms with Gasteiger partial charge in [0.1, 0.15) is 11.3 Å². The molecule has 0 aromatic heterocycles. The smallest absolute Gasteiger partial charge is 0.339 e. The first-order valence-electron chi connectivity index (χ1n) is 8.04. The van der Waals surface area contributed by atoms with Crippen molar-refractivity contribution in [1.82, 2.24) is 5.32 Å². The number of halogens is 2. The molecule has 2 atom stereocenters. The number of hydrogen-bond acceptors (Lipinski definition) is 3. The highest BCUT2D eigenvalue weighted by atomic mass is 19.2. The number of carbonyl (C=O) groups excluding carboxylic acids is 1. The van der Waals surface area contributed by atoms with E-state index in [-0.39, 0.29) is 35.2 Å². The molecule has 2 N–H and O–H groups in total. The van der Waals surface area contributed by atoms with E-state index in [4.69, 9.17) is 9.84 Å². The molecular formula is C19H17F2NO4. The third-order valence-corrected chi connectivity index (χ3v) is 4.47. The second kappa shape index (κ2) is 7.11. The third kappa shape index (κ3) is 3.51.